The maximum atomic E-state index is 5.17. The highest BCUT2D eigenvalue weighted by atomic mass is 32.1. The van der Waals surface area contributed by atoms with Gasteiger partial charge in [0.25, 0.3) is 0 Å². The van der Waals surface area contributed by atoms with Gasteiger partial charge in [-0.25, -0.2) is 0 Å². The molecule has 0 amide bonds. The molecule has 0 aliphatic heterocycles. The summed E-state index contributed by atoms with van der Waals surface area (Å²) in [7, 11) is 0. The zero-order valence-corrected chi connectivity index (χ0v) is 10.1. The van der Waals surface area contributed by atoms with Crippen LogP contribution in [0, 0.1) is 0 Å². The van der Waals surface area contributed by atoms with Gasteiger partial charge in [-0.05, 0) is 31.1 Å². The molecule has 1 aromatic carbocycles. The Morgan fingerprint density at radius 1 is 1.33 bits per heavy atom. The molecule has 2 N–H and O–H groups in total. The van der Waals surface area contributed by atoms with E-state index < -0.39 is 0 Å². The molecular formula is C12H18N2S. The SMILES string of the molecule is CCCNC(=S)NC(C)c1ccccc1. The second-order valence-corrected chi connectivity index (χ2v) is 3.94. The Balaban J connectivity index is 2.42. The van der Waals surface area contributed by atoms with Gasteiger partial charge in [0.1, 0.15) is 0 Å². The Bertz CT molecular complexity index is 298. The standard InChI is InChI=1S/C12H18N2S/c1-3-9-13-12(15)14-10(2)11-7-5-4-6-8-11/h4-8,10H,3,9H2,1-2H3,(H2,13,14,15). The summed E-state index contributed by atoms with van der Waals surface area (Å²) in [5, 5.41) is 7.13. The van der Waals surface area contributed by atoms with Crippen LogP contribution in [0.3, 0.4) is 0 Å². The van der Waals surface area contributed by atoms with Crippen molar-refractivity contribution in [1.29, 1.82) is 0 Å². The molecule has 0 aliphatic carbocycles. The van der Waals surface area contributed by atoms with E-state index in [1.54, 1.807) is 0 Å². The lowest BCUT2D eigenvalue weighted by Crippen LogP contribution is -2.37. The summed E-state index contributed by atoms with van der Waals surface area (Å²) in [6.45, 7) is 5.15. The van der Waals surface area contributed by atoms with E-state index in [2.05, 4.69) is 36.6 Å². The van der Waals surface area contributed by atoms with Crippen molar-refractivity contribution in [1.82, 2.24) is 10.6 Å². The van der Waals surface area contributed by atoms with Crippen LogP contribution in [0.5, 0.6) is 0 Å². The molecule has 0 aliphatic rings. The topological polar surface area (TPSA) is 24.1 Å². The lowest BCUT2D eigenvalue weighted by molar-refractivity contribution is 0.694. The molecule has 82 valence electrons. The van der Waals surface area contributed by atoms with Crippen molar-refractivity contribution in [3.05, 3.63) is 35.9 Å². The van der Waals surface area contributed by atoms with Crippen molar-refractivity contribution in [3.63, 3.8) is 0 Å². The molecule has 0 heterocycles. The van der Waals surface area contributed by atoms with Gasteiger partial charge < -0.3 is 10.6 Å². The van der Waals surface area contributed by atoms with E-state index in [0.29, 0.717) is 0 Å². The maximum Gasteiger partial charge on any atom is 0.166 e. The number of thiocarbonyl (C=S) groups is 1. The highest BCUT2D eigenvalue weighted by molar-refractivity contribution is 7.80. The summed E-state index contributed by atoms with van der Waals surface area (Å²) in [6, 6.07) is 10.5. The zero-order valence-electron chi connectivity index (χ0n) is 9.29. The van der Waals surface area contributed by atoms with Crippen LogP contribution in [-0.4, -0.2) is 11.7 Å². The van der Waals surface area contributed by atoms with E-state index in [-0.39, 0.29) is 6.04 Å². The van der Waals surface area contributed by atoms with Gasteiger partial charge in [0, 0.05) is 6.54 Å². The normalized spacial score (nSPS) is 11.9. The van der Waals surface area contributed by atoms with Gasteiger partial charge in [-0.15, -0.1) is 0 Å². The number of hydrogen-bond acceptors (Lipinski definition) is 1. The van der Waals surface area contributed by atoms with Crippen molar-refractivity contribution in [2.24, 2.45) is 0 Å². The van der Waals surface area contributed by atoms with Gasteiger partial charge in [-0.3, -0.25) is 0 Å². The average molecular weight is 222 g/mol. The Morgan fingerprint density at radius 3 is 2.60 bits per heavy atom. The van der Waals surface area contributed by atoms with Gasteiger partial charge in [0.2, 0.25) is 0 Å². The Hall–Kier alpha value is -1.09. The fraction of sp³-hybridized carbons (Fsp3) is 0.417. The van der Waals surface area contributed by atoms with E-state index in [1.165, 1.54) is 5.56 Å². The number of benzene rings is 1. The van der Waals surface area contributed by atoms with Gasteiger partial charge in [0.15, 0.2) is 5.11 Å². The van der Waals surface area contributed by atoms with Crippen LogP contribution in [-0.2, 0) is 0 Å². The van der Waals surface area contributed by atoms with E-state index in [1.807, 2.05) is 18.2 Å². The van der Waals surface area contributed by atoms with Crippen molar-refractivity contribution in [2.45, 2.75) is 26.3 Å². The molecule has 2 nitrogen and oxygen atoms in total. The van der Waals surface area contributed by atoms with E-state index in [9.17, 15) is 0 Å². The predicted molar refractivity (Wildman–Crippen MR) is 68.9 cm³/mol. The first kappa shape index (κ1) is 12.0. The first-order valence-electron chi connectivity index (χ1n) is 5.33. The molecule has 0 aromatic heterocycles. The molecule has 0 saturated carbocycles. The third kappa shape index (κ3) is 4.30. The van der Waals surface area contributed by atoms with E-state index >= 15 is 0 Å². The molecule has 0 bridgehead atoms. The van der Waals surface area contributed by atoms with Crippen LogP contribution in [0.4, 0.5) is 0 Å². The fourth-order valence-electron chi connectivity index (χ4n) is 1.31. The first-order valence-corrected chi connectivity index (χ1v) is 5.74. The molecule has 0 saturated heterocycles. The number of hydrogen-bond donors (Lipinski definition) is 2. The quantitative estimate of drug-likeness (QED) is 0.766. The van der Waals surface area contributed by atoms with Gasteiger partial charge >= 0.3 is 0 Å². The van der Waals surface area contributed by atoms with Crippen LogP contribution in [0.25, 0.3) is 0 Å². The Kier molecular flexibility index (Phi) is 5.12. The lowest BCUT2D eigenvalue weighted by atomic mass is 10.1. The van der Waals surface area contributed by atoms with Gasteiger partial charge in [0.05, 0.1) is 6.04 Å². The third-order valence-corrected chi connectivity index (χ3v) is 2.44. The molecule has 0 fully saturated rings. The molecule has 1 rings (SSSR count). The summed E-state index contributed by atoms with van der Waals surface area (Å²) in [4.78, 5) is 0. The summed E-state index contributed by atoms with van der Waals surface area (Å²) in [5.74, 6) is 0. The van der Waals surface area contributed by atoms with Crippen LogP contribution in [0.15, 0.2) is 30.3 Å². The summed E-state index contributed by atoms with van der Waals surface area (Å²) < 4.78 is 0. The van der Waals surface area contributed by atoms with Gasteiger partial charge in [-0.1, -0.05) is 37.3 Å². The third-order valence-electron chi connectivity index (χ3n) is 2.18. The zero-order chi connectivity index (χ0) is 11.1. The highest BCUT2D eigenvalue weighted by Crippen LogP contribution is 2.10. The molecule has 1 unspecified atom stereocenters. The van der Waals surface area contributed by atoms with Crippen LogP contribution < -0.4 is 10.6 Å². The summed E-state index contributed by atoms with van der Waals surface area (Å²) in [5.41, 5.74) is 1.25. The largest absolute Gasteiger partial charge is 0.363 e. The summed E-state index contributed by atoms with van der Waals surface area (Å²) in [6.07, 6.45) is 1.08. The predicted octanol–water partition coefficient (Wildman–Crippen LogP) is 2.62. The van der Waals surface area contributed by atoms with Crippen molar-refractivity contribution in [3.8, 4) is 0 Å². The van der Waals surface area contributed by atoms with E-state index in [0.717, 1.165) is 18.1 Å². The van der Waals surface area contributed by atoms with Crippen LogP contribution >= 0.6 is 12.2 Å². The molecular weight excluding hydrogens is 204 g/mol. The maximum absolute atomic E-state index is 5.17. The molecule has 0 radical (unpaired) electrons. The van der Waals surface area contributed by atoms with Crippen molar-refractivity contribution < 1.29 is 0 Å². The molecule has 3 heteroatoms. The Morgan fingerprint density at radius 2 is 2.00 bits per heavy atom. The lowest BCUT2D eigenvalue weighted by Gasteiger charge is -2.16. The minimum absolute atomic E-state index is 0.253. The number of nitrogens with one attached hydrogen (secondary N) is 2. The van der Waals surface area contributed by atoms with Crippen LogP contribution in [0.2, 0.25) is 0 Å². The highest BCUT2D eigenvalue weighted by Gasteiger charge is 2.04. The van der Waals surface area contributed by atoms with Crippen LogP contribution in [0.1, 0.15) is 31.9 Å². The monoisotopic (exact) mass is 222 g/mol. The second-order valence-electron chi connectivity index (χ2n) is 3.53. The van der Waals surface area contributed by atoms with Crippen molar-refractivity contribution >= 4 is 17.3 Å². The fourth-order valence-corrected chi connectivity index (χ4v) is 1.59. The van der Waals surface area contributed by atoms with Crippen molar-refractivity contribution in [2.75, 3.05) is 6.54 Å². The first-order chi connectivity index (χ1) is 7.24. The van der Waals surface area contributed by atoms with E-state index in [4.69, 9.17) is 12.2 Å². The second kappa shape index (κ2) is 6.40. The minimum Gasteiger partial charge on any atom is -0.363 e. The molecule has 1 atom stereocenters. The smallest absolute Gasteiger partial charge is 0.166 e. The molecule has 0 spiro atoms. The molecule has 15 heavy (non-hydrogen) atoms. The van der Waals surface area contributed by atoms with Gasteiger partial charge in [-0.2, -0.15) is 0 Å². The average Bonchev–Trinajstić information content (AvgIpc) is 2.27. The summed E-state index contributed by atoms with van der Waals surface area (Å²) >= 11 is 5.17. The number of rotatable bonds is 4. The Labute approximate surface area is 97.1 Å². The molecule has 1 aromatic rings. The minimum atomic E-state index is 0.253.